The number of nitrogens with one attached hydrogen (secondary N) is 1. The zero-order valence-corrected chi connectivity index (χ0v) is 11.3. The van der Waals surface area contributed by atoms with E-state index in [-0.39, 0.29) is 30.2 Å². The molecule has 0 spiro atoms. The largest absolute Gasteiger partial charge is 0.394 e. The minimum atomic E-state index is -0.383. The molecule has 2 N–H and O–H groups in total. The van der Waals surface area contributed by atoms with E-state index in [2.05, 4.69) is 12.2 Å². The summed E-state index contributed by atoms with van der Waals surface area (Å²) in [5, 5.41) is 12.6. The van der Waals surface area contributed by atoms with E-state index in [4.69, 9.17) is 4.74 Å². The van der Waals surface area contributed by atoms with Gasteiger partial charge < -0.3 is 20.1 Å². The van der Waals surface area contributed by atoms with Crippen LogP contribution < -0.4 is 5.32 Å². The van der Waals surface area contributed by atoms with Crippen LogP contribution in [0.3, 0.4) is 0 Å². The maximum absolute atomic E-state index is 12.8. The molecule has 3 atom stereocenters. The number of carbonyl (C=O) groups is 1. The number of aliphatic hydroxyl groups excluding tert-OH is 1. The standard InChI is InChI=1S/C13H24N2O3/c1-3-13(5-4-6-14-13)12(17)15-7-11(8-16)18-9-10(15)2/h10-11,14,16H,3-9H2,1-2H3. The lowest BCUT2D eigenvalue weighted by Gasteiger charge is -2.42. The highest BCUT2D eigenvalue weighted by Crippen LogP contribution is 2.27. The monoisotopic (exact) mass is 256 g/mol. The zero-order valence-electron chi connectivity index (χ0n) is 11.3. The molecule has 2 aliphatic rings. The summed E-state index contributed by atoms with van der Waals surface area (Å²) in [6.45, 7) is 5.97. The van der Waals surface area contributed by atoms with Crippen LogP contribution >= 0.6 is 0 Å². The molecule has 0 aromatic heterocycles. The van der Waals surface area contributed by atoms with Crippen LogP contribution in [0.1, 0.15) is 33.1 Å². The SMILES string of the molecule is CCC1(C(=O)N2CC(CO)OCC2C)CCCN1. The lowest BCUT2D eigenvalue weighted by molar-refractivity contribution is -0.152. The summed E-state index contributed by atoms with van der Waals surface area (Å²) in [7, 11) is 0. The van der Waals surface area contributed by atoms with Gasteiger partial charge in [0.25, 0.3) is 0 Å². The fourth-order valence-corrected chi connectivity index (χ4v) is 2.93. The summed E-state index contributed by atoms with van der Waals surface area (Å²) in [4.78, 5) is 14.6. The number of carbonyl (C=O) groups excluding carboxylic acids is 1. The molecule has 0 aromatic rings. The highest BCUT2D eigenvalue weighted by molar-refractivity contribution is 5.87. The predicted octanol–water partition coefficient (Wildman–Crippen LogP) is 0.127. The van der Waals surface area contributed by atoms with Gasteiger partial charge in [-0.05, 0) is 32.7 Å². The van der Waals surface area contributed by atoms with Crippen molar-refractivity contribution in [2.45, 2.75) is 50.8 Å². The summed E-state index contributed by atoms with van der Waals surface area (Å²) < 4.78 is 5.48. The molecule has 1 amide bonds. The third-order valence-electron chi connectivity index (χ3n) is 4.23. The molecule has 2 rings (SSSR count). The van der Waals surface area contributed by atoms with Crippen molar-refractivity contribution >= 4 is 5.91 Å². The molecule has 5 nitrogen and oxygen atoms in total. The Kier molecular flexibility index (Phi) is 4.25. The van der Waals surface area contributed by atoms with Gasteiger partial charge in [-0.3, -0.25) is 4.79 Å². The van der Waals surface area contributed by atoms with E-state index >= 15 is 0 Å². The highest BCUT2D eigenvalue weighted by Gasteiger charge is 2.44. The third kappa shape index (κ3) is 2.39. The first-order valence-electron chi connectivity index (χ1n) is 6.91. The molecule has 5 heteroatoms. The lowest BCUT2D eigenvalue weighted by Crippen LogP contribution is -2.61. The van der Waals surface area contributed by atoms with Crippen LogP contribution in [0.4, 0.5) is 0 Å². The molecule has 0 bridgehead atoms. The van der Waals surface area contributed by atoms with Gasteiger partial charge in [0.15, 0.2) is 0 Å². The average molecular weight is 256 g/mol. The molecule has 0 aliphatic carbocycles. The molecule has 2 aliphatic heterocycles. The Balaban J connectivity index is 2.10. The maximum Gasteiger partial charge on any atom is 0.243 e. The van der Waals surface area contributed by atoms with E-state index in [1.54, 1.807) is 0 Å². The fraction of sp³-hybridized carbons (Fsp3) is 0.923. The fourth-order valence-electron chi connectivity index (χ4n) is 2.93. The van der Waals surface area contributed by atoms with Gasteiger partial charge in [-0.15, -0.1) is 0 Å². The number of hydrogen-bond donors (Lipinski definition) is 2. The van der Waals surface area contributed by atoms with Crippen LogP contribution in [0.25, 0.3) is 0 Å². The van der Waals surface area contributed by atoms with E-state index in [0.717, 1.165) is 25.8 Å². The topological polar surface area (TPSA) is 61.8 Å². The molecule has 104 valence electrons. The normalized spacial score (nSPS) is 36.9. The van der Waals surface area contributed by atoms with Crippen LogP contribution in [-0.2, 0) is 9.53 Å². The van der Waals surface area contributed by atoms with Gasteiger partial charge in [0.2, 0.25) is 5.91 Å². The van der Waals surface area contributed by atoms with Gasteiger partial charge in [-0.25, -0.2) is 0 Å². The number of ether oxygens (including phenoxy) is 1. The second-order valence-corrected chi connectivity index (χ2v) is 5.41. The van der Waals surface area contributed by atoms with Gasteiger partial charge in [0.1, 0.15) is 0 Å². The first kappa shape index (κ1) is 13.8. The number of hydrogen-bond acceptors (Lipinski definition) is 4. The van der Waals surface area contributed by atoms with Crippen LogP contribution in [0.2, 0.25) is 0 Å². The summed E-state index contributed by atoms with van der Waals surface area (Å²) in [6.07, 6.45) is 2.55. The highest BCUT2D eigenvalue weighted by atomic mass is 16.5. The van der Waals surface area contributed by atoms with Crippen molar-refractivity contribution in [2.75, 3.05) is 26.3 Å². The Bertz CT molecular complexity index is 303. The first-order chi connectivity index (χ1) is 8.63. The van der Waals surface area contributed by atoms with Crippen molar-refractivity contribution in [3.63, 3.8) is 0 Å². The second kappa shape index (κ2) is 5.55. The zero-order chi connectivity index (χ0) is 13.2. The van der Waals surface area contributed by atoms with Crippen molar-refractivity contribution < 1.29 is 14.6 Å². The van der Waals surface area contributed by atoms with Crippen LogP contribution in [-0.4, -0.2) is 59.9 Å². The Morgan fingerprint density at radius 3 is 2.94 bits per heavy atom. The van der Waals surface area contributed by atoms with Crippen molar-refractivity contribution in [3.05, 3.63) is 0 Å². The Labute approximate surface area is 108 Å². The Hall–Kier alpha value is -0.650. The van der Waals surface area contributed by atoms with Crippen LogP contribution in [0.5, 0.6) is 0 Å². The molecule has 0 radical (unpaired) electrons. The third-order valence-corrected chi connectivity index (χ3v) is 4.23. The van der Waals surface area contributed by atoms with E-state index in [1.165, 1.54) is 0 Å². The summed E-state index contributed by atoms with van der Waals surface area (Å²) in [5.74, 6) is 0.178. The number of nitrogens with zero attached hydrogens (tertiary/aromatic N) is 1. The number of amides is 1. The van der Waals surface area contributed by atoms with E-state index < -0.39 is 0 Å². The Morgan fingerprint density at radius 2 is 2.39 bits per heavy atom. The predicted molar refractivity (Wildman–Crippen MR) is 68.3 cm³/mol. The molecule has 0 aromatic carbocycles. The maximum atomic E-state index is 12.8. The van der Waals surface area contributed by atoms with Crippen LogP contribution in [0, 0.1) is 0 Å². The first-order valence-corrected chi connectivity index (χ1v) is 6.91. The molecule has 2 fully saturated rings. The minimum Gasteiger partial charge on any atom is -0.394 e. The lowest BCUT2D eigenvalue weighted by atomic mass is 9.91. The second-order valence-electron chi connectivity index (χ2n) is 5.41. The van der Waals surface area contributed by atoms with E-state index in [1.807, 2.05) is 11.8 Å². The average Bonchev–Trinajstić information content (AvgIpc) is 2.88. The van der Waals surface area contributed by atoms with Crippen molar-refractivity contribution in [3.8, 4) is 0 Å². The molecular formula is C13H24N2O3. The smallest absolute Gasteiger partial charge is 0.243 e. The van der Waals surface area contributed by atoms with Gasteiger partial charge in [-0.2, -0.15) is 0 Å². The minimum absolute atomic E-state index is 0.0247. The molecule has 2 saturated heterocycles. The Morgan fingerprint density at radius 1 is 1.61 bits per heavy atom. The van der Waals surface area contributed by atoms with Gasteiger partial charge >= 0.3 is 0 Å². The summed E-state index contributed by atoms with van der Waals surface area (Å²) in [5.41, 5.74) is -0.383. The molecule has 0 saturated carbocycles. The van der Waals surface area contributed by atoms with Gasteiger partial charge in [0, 0.05) is 6.54 Å². The van der Waals surface area contributed by atoms with Crippen LogP contribution in [0.15, 0.2) is 0 Å². The molecule has 18 heavy (non-hydrogen) atoms. The molecule has 3 unspecified atom stereocenters. The van der Waals surface area contributed by atoms with Crippen molar-refractivity contribution in [1.29, 1.82) is 0 Å². The summed E-state index contributed by atoms with van der Waals surface area (Å²) in [6, 6.07) is 0.0890. The van der Waals surface area contributed by atoms with E-state index in [9.17, 15) is 9.90 Å². The van der Waals surface area contributed by atoms with E-state index in [0.29, 0.717) is 13.2 Å². The van der Waals surface area contributed by atoms with Crippen molar-refractivity contribution in [1.82, 2.24) is 10.2 Å². The van der Waals surface area contributed by atoms with Crippen molar-refractivity contribution in [2.24, 2.45) is 0 Å². The molecule has 2 heterocycles. The van der Waals surface area contributed by atoms with Gasteiger partial charge in [-0.1, -0.05) is 6.92 Å². The number of rotatable bonds is 3. The summed E-state index contributed by atoms with van der Waals surface area (Å²) >= 11 is 0. The van der Waals surface area contributed by atoms with Gasteiger partial charge in [0.05, 0.1) is 30.9 Å². The number of morpholine rings is 1. The molecular weight excluding hydrogens is 232 g/mol. The number of aliphatic hydroxyl groups is 1. The quantitative estimate of drug-likeness (QED) is 0.753.